The van der Waals surface area contributed by atoms with Gasteiger partial charge >= 0.3 is 0 Å². The van der Waals surface area contributed by atoms with Crippen molar-refractivity contribution >= 4 is 0 Å². The van der Waals surface area contributed by atoms with Crippen LogP contribution in [0.4, 0.5) is 0 Å². The molecule has 0 aromatic heterocycles. The van der Waals surface area contributed by atoms with Crippen molar-refractivity contribution in [3.8, 4) is 0 Å². The van der Waals surface area contributed by atoms with Crippen LogP contribution < -0.4 is 5.32 Å². The molecule has 1 aliphatic rings. The maximum absolute atomic E-state index is 9.35. The molecule has 2 heteroatoms. The fourth-order valence-corrected chi connectivity index (χ4v) is 2.27. The van der Waals surface area contributed by atoms with Gasteiger partial charge in [-0.25, -0.2) is 0 Å². The summed E-state index contributed by atoms with van der Waals surface area (Å²) in [6.45, 7) is 6.93. The number of aliphatic hydroxyl groups excluding tert-OH is 1. The number of hydrogen-bond donors (Lipinski definition) is 2. The van der Waals surface area contributed by atoms with Gasteiger partial charge in [0.1, 0.15) is 0 Å². The highest BCUT2D eigenvalue weighted by Gasteiger charge is 2.31. The molecule has 0 saturated carbocycles. The molecule has 0 amide bonds. The second-order valence-electron chi connectivity index (χ2n) is 4.54. The van der Waals surface area contributed by atoms with Crippen LogP contribution >= 0.6 is 0 Å². The third-order valence-corrected chi connectivity index (χ3v) is 2.74. The number of nitrogens with one attached hydrogen (secondary N) is 1. The van der Waals surface area contributed by atoms with E-state index in [2.05, 4.69) is 19.2 Å². The first-order valence-corrected chi connectivity index (χ1v) is 5.00. The highest BCUT2D eigenvalue weighted by molar-refractivity contribution is 4.85. The molecule has 1 unspecified atom stereocenters. The Morgan fingerprint density at radius 3 is 2.67 bits per heavy atom. The van der Waals surface area contributed by atoms with Gasteiger partial charge in [-0.15, -0.1) is 0 Å². The lowest BCUT2D eigenvalue weighted by molar-refractivity contribution is 0.0733. The molecule has 0 radical (unpaired) electrons. The predicted molar refractivity (Wildman–Crippen MR) is 51.1 cm³/mol. The highest BCUT2D eigenvalue weighted by atomic mass is 16.3. The lowest BCUT2D eigenvalue weighted by atomic mass is 9.75. The number of rotatable bonds is 3. The third kappa shape index (κ3) is 2.46. The molecule has 1 saturated heterocycles. The van der Waals surface area contributed by atoms with Gasteiger partial charge in [-0.05, 0) is 31.7 Å². The molecule has 1 atom stereocenters. The van der Waals surface area contributed by atoms with Gasteiger partial charge in [-0.2, -0.15) is 0 Å². The van der Waals surface area contributed by atoms with Crippen molar-refractivity contribution in [2.24, 2.45) is 11.3 Å². The predicted octanol–water partition coefficient (Wildman–Crippen LogP) is 1.39. The Kier molecular flexibility index (Phi) is 3.53. The Balaban J connectivity index is 2.48. The zero-order chi connectivity index (χ0) is 9.03. The van der Waals surface area contributed by atoms with Gasteiger partial charge in [0.15, 0.2) is 0 Å². The Hall–Kier alpha value is -0.0800. The minimum atomic E-state index is 0.187. The Bertz CT molecular complexity index is 128. The van der Waals surface area contributed by atoms with E-state index in [9.17, 15) is 5.11 Å². The Labute approximate surface area is 75.4 Å². The van der Waals surface area contributed by atoms with Crippen LogP contribution in [0, 0.1) is 11.3 Å². The lowest BCUT2D eigenvalue weighted by Crippen LogP contribution is -2.43. The SMILES string of the molecule is CC(C)CC1(CO)CCCNC1. The minimum absolute atomic E-state index is 0.187. The number of piperidine rings is 1. The van der Waals surface area contributed by atoms with Crippen molar-refractivity contribution < 1.29 is 5.11 Å². The fraction of sp³-hybridized carbons (Fsp3) is 1.00. The van der Waals surface area contributed by atoms with E-state index >= 15 is 0 Å². The first-order chi connectivity index (χ1) is 5.68. The summed E-state index contributed by atoms with van der Waals surface area (Å²) < 4.78 is 0. The summed E-state index contributed by atoms with van der Waals surface area (Å²) in [6, 6.07) is 0. The van der Waals surface area contributed by atoms with Crippen LogP contribution in [-0.2, 0) is 0 Å². The summed E-state index contributed by atoms with van der Waals surface area (Å²) in [5.41, 5.74) is 0.187. The van der Waals surface area contributed by atoms with Crippen molar-refractivity contribution in [1.82, 2.24) is 5.32 Å². The summed E-state index contributed by atoms with van der Waals surface area (Å²) in [7, 11) is 0. The molecule has 2 N–H and O–H groups in total. The van der Waals surface area contributed by atoms with Crippen molar-refractivity contribution in [2.75, 3.05) is 19.7 Å². The molecule has 0 aliphatic carbocycles. The first kappa shape index (κ1) is 10.0. The monoisotopic (exact) mass is 171 g/mol. The van der Waals surface area contributed by atoms with E-state index in [-0.39, 0.29) is 5.41 Å². The van der Waals surface area contributed by atoms with E-state index in [4.69, 9.17) is 0 Å². The molecule has 2 nitrogen and oxygen atoms in total. The molecular formula is C10H21NO. The Morgan fingerprint density at radius 2 is 2.25 bits per heavy atom. The van der Waals surface area contributed by atoms with Crippen LogP contribution in [0.2, 0.25) is 0 Å². The van der Waals surface area contributed by atoms with E-state index in [1.54, 1.807) is 0 Å². The lowest BCUT2D eigenvalue weighted by Gasteiger charge is -2.37. The van der Waals surface area contributed by atoms with E-state index < -0.39 is 0 Å². The number of aliphatic hydroxyl groups is 1. The maximum Gasteiger partial charge on any atom is 0.0499 e. The topological polar surface area (TPSA) is 32.3 Å². The van der Waals surface area contributed by atoms with Gasteiger partial charge in [0.2, 0.25) is 0 Å². The molecule has 0 aromatic rings. The maximum atomic E-state index is 9.35. The average molecular weight is 171 g/mol. The normalized spacial score (nSPS) is 31.0. The zero-order valence-corrected chi connectivity index (χ0v) is 8.27. The molecule has 1 aliphatic heterocycles. The summed E-state index contributed by atoms with van der Waals surface area (Å²) in [4.78, 5) is 0. The summed E-state index contributed by atoms with van der Waals surface area (Å²) in [5, 5.41) is 12.7. The van der Waals surface area contributed by atoms with Gasteiger partial charge in [0.25, 0.3) is 0 Å². The molecular weight excluding hydrogens is 150 g/mol. The zero-order valence-electron chi connectivity index (χ0n) is 8.27. The van der Waals surface area contributed by atoms with Crippen LogP contribution in [0.25, 0.3) is 0 Å². The largest absolute Gasteiger partial charge is 0.396 e. The second kappa shape index (κ2) is 4.24. The third-order valence-electron chi connectivity index (χ3n) is 2.74. The van der Waals surface area contributed by atoms with Gasteiger partial charge < -0.3 is 10.4 Å². The first-order valence-electron chi connectivity index (χ1n) is 5.00. The minimum Gasteiger partial charge on any atom is -0.396 e. The molecule has 12 heavy (non-hydrogen) atoms. The quantitative estimate of drug-likeness (QED) is 0.672. The van der Waals surface area contributed by atoms with Crippen molar-refractivity contribution in [2.45, 2.75) is 33.1 Å². The van der Waals surface area contributed by atoms with Crippen LogP contribution in [0.3, 0.4) is 0 Å². The molecule has 1 rings (SSSR count). The molecule has 0 bridgehead atoms. The van der Waals surface area contributed by atoms with Crippen molar-refractivity contribution in [1.29, 1.82) is 0 Å². The van der Waals surface area contributed by atoms with Gasteiger partial charge in [-0.3, -0.25) is 0 Å². The van der Waals surface area contributed by atoms with Crippen LogP contribution in [0.5, 0.6) is 0 Å². The molecule has 1 heterocycles. The van der Waals surface area contributed by atoms with Crippen LogP contribution in [0.1, 0.15) is 33.1 Å². The Morgan fingerprint density at radius 1 is 1.50 bits per heavy atom. The standard InChI is InChI=1S/C10H21NO/c1-9(2)6-10(8-12)4-3-5-11-7-10/h9,11-12H,3-8H2,1-2H3. The van der Waals surface area contributed by atoms with E-state index in [1.807, 2.05) is 0 Å². The molecule has 72 valence electrons. The average Bonchev–Trinajstić information content (AvgIpc) is 2.05. The number of hydrogen-bond acceptors (Lipinski definition) is 2. The van der Waals surface area contributed by atoms with Crippen molar-refractivity contribution in [3.63, 3.8) is 0 Å². The van der Waals surface area contributed by atoms with Crippen LogP contribution in [0.15, 0.2) is 0 Å². The summed E-state index contributed by atoms with van der Waals surface area (Å²) >= 11 is 0. The van der Waals surface area contributed by atoms with E-state index in [0.717, 1.165) is 19.5 Å². The van der Waals surface area contributed by atoms with E-state index in [0.29, 0.717) is 12.5 Å². The summed E-state index contributed by atoms with van der Waals surface area (Å²) in [5.74, 6) is 0.692. The molecule has 0 spiro atoms. The van der Waals surface area contributed by atoms with Gasteiger partial charge in [0.05, 0.1) is 0 Å². The fourth-order valence-electron chi connectivity index (χ4n) is 2.27. The van der Waals surface area contributed by atoms with Gasteiger partial charge in [0, 0.05) is 18.6 Å². The van der Waals surface area contributed by atoms with Crippen LogP contribution in [-0.4, -0.2) is 24.8 Å². The van der Waals surface area contributed by atoms with Crippen molar-refractivity contribution in [3.05, 3.63) is 0 Å². The van der Waals surface area contributed by atoms with Gasteiger partial charge in [-0.1, -0.05) is 13.8 Å². The smallest absolute Gasteiger partial charge is 0.0499 e. The highest BCUT2D eigenvalue weighted by Crippen LogP contribution is 2.32. The second-order valence-corrected chi connectivity index (χ2v) is 4.54. The summed E-state index contributed by atoms with van der Waals surface area (Å²) in [6.07, 6.45) is 3.55. The molecule has 0 aromatic carbocycles. The molecule has 1 fully saturated rings. The van der Waals surface area contributed by atoms with E-state index in [1.165, 1.54) is 12.8 Å².